The molecule has 1 aromatic rings. The summed E-state index contributed by atoms with van der Waals surface area (Å²) in [4.78, 5) is 50.9. The van der Waals surface area contributed by atoms with Crippen molar-refractivity contribution in [2.45, 2.75) is 90.7 Å². The second kappa shape index (κ2) is 12.3. The minimum absolute atomic E-state index is 0.0577. The Morgan fingerprint density at radius 2 is 1.76 bits per heavy atom. The van der Waals surface area contributed by atoms with E-state index in [-0.39, 0.29) is 24.8 Å². The molecule has 1 aliphatic rings. The maximum absolute atomic E-state index is 13.0. The highest BCUT2D eigenvalue weighted by molar-refractivity contribution is 5.94. The molecule has 184 valence electrons. The normalized spacial score (nSPS) is 25.5. The van der Waals surface area contributed by atoms with Gasteiger partial charge in [-0.05, 0) is 25.7 Å². The lowest BCUT2D eigenvalue weighted by molar-refractivity contribution is -0.136. The fourth-order valence-corrected chi connectivity index (χ4v) is 3.44. The minimum atomic E-state index is -1.23. The Morgan fingerprint density at radius 3 is 2.39 bits per heavy atom. The predicted molar refractivity (Wildman–Crippen MR) is 118 cm³/mol. The van der Waals surface area contributed by atoms with Gasteiger partial charge in [0.2, 0.25) is 23.6 Å². The molecular formula is C21H35N7O5. The van der Waals surface area contributed by atoms with Gasteiger partial charge in [-0.2, -0.15) is 0 Å². The molecule has 0 spiro atoms. The van der Waals surface area contributed by atoms with Gasteiger partial charge in [-0.1, -0.05) is 32.4 Å². The largest absolute Gasteiger partial charge is 0.391 e. The van der Waals surface area contributed by atoms with E-state index in [0.717, 1.165) is 0 Å². The third-order valence-electron chi connectivity index (χ3n) is 5.74. The van der Waals surface area contributed by atoms with Crippen LogP contribution in [0.2, 0.25) is 0 Å². The van der Waals surface area contributed by atoms with Crippen molar-refractivity contribution in [3.63, 3.8) is 0 Å². The molecule has 2 rings (SSSR count). The second-order valence-corrected chi connectivity index (χ2v) is 8.42. The van der Waals surface area contributed by atoms with Crippen LogP contribution in [-0.2, 0) is 32.3 Å². The van der Waals surface area contributed by atoms with Gasteiger partial charge in [0.1, 0.15) is 23.8 Å². The number of carbonyl (C=O) groups is 4. The van der Waals surface area contributed by atoms with Crippen LogP contribution in [0.4, 0.5) is 0 Å². The number of aliphatic hydroxyl groups is 1. The zero-order valence-corrected chi connectivity index (χ0v) is 19.6. The number of amides is 4. The standard InChI is InChI=1S/C21H35N7O5/c1-5-12(3)17-21(33)25-18(13(4)29)20(32)22-10-14-11-28(27-26-14)9-7-8-16(30)23-15(6-2)19(31)24-17/h11-13,15,17-18,29H,5-10H2,1-4H3,(H,22,32)(H,23,30)(H,24,31)(H,25,33)/t12-,13+,15-,17-,18-/m0/s1. The molecule has 33 heavy (non-hydrogen) atoms. The van der Waals surface area contributed by atoms with Gasteiger partial charge < -0.3 is 26.4 Å². The number of aliphatic hydroxyl groups excluding tert-OH is 1. The van der Waals surface area contributed by atoms with E-state index in [1.165, 1.54) is 6.92 Å². The lowest BCUT2D eigenvalue weighted by atomic mass is 9.97. The fraction of sp³-hybridized carbons (Fsp3) is 0.714. The van der Waals surface area contributed by atoms with Gasteiger partial charge in [-0.3, -0.25) is 23.9 Å². The summed E-state index contributed by atoms with van der Waals surface area (Å²) >= 11 is 0. The van der Waals surface area contributed by atoms with Crippen molar-refractivity contribution in [2.24, 2.45) is 5.92 Å². The van der Waals surface area contributed by atoms with E-state index in [1.807, 2.05) is 6.92 Å². The van der Waals surface area contributed by atoms with Gasteiger partial charge in [-0.15, -0.1) is 5.10 Å². The van der Waals surface area contributed by atoms with E-state index in [2.05, 4.69) is 31.6 Å². The Bertz CT molecular complexity index is 841. The summed E-state index contributed by atoms with van der Waals surface area (Å²) in [7, 11) is 0. The number of rotatable bonds is 4. The third-order valence-corrected chi connectivity index (χ3v) is 5.74. The van der Waals surface area contributed by atoms with E-state index >= 15 is 0 Å². The highest BCUT2D eigenvalue weighted by Crippen LogP contribution is 2.10. The molecule has 12 nitrogen and oxygen atoms in total. The molecule has 0 fully saturated rings. The molecule has 0 saturated heterocycles. The Hall–Kier alpha value is -3.02. The zero-order valence-electron chi connectivity index (χ0n) is 19.6. The smallest absolute Gasteiger partial charge is 0.245 e. The summed E-state index contributed by atoms with van der Waals surface area (Å²) in [5.74, 6) is -2.18. The molecule has 0 saturated carbocycles. The van der Waals surface area contributed by atoms with Crippen LogP contribution in [0.15, 0.2) is 6.20 Å². The van der Waals surface area contributed by atoms with Gasteiger partial charge >= 0.3 is 0 Å². The molecule has 0 aromatic carbocycles. The highest BCUT2D eigenvalue weighted by Gasteiger charge is 2.33. The summed E-state index contributed by atoms with van der Waals surface area (Å²) in [5, 5.41) is 28.7. The van der Waals surface area contributed by atoms with Gasteiger partial charge in [0, 0.05) is 13.0 Å². The van der Waals surface area contributed by atoms with Crippen molar-refractivity contribution < 1.29 is 24.3 Å². The number of hydrogen-bond donors (Lipinski definition) is 5. The van der Waals surface area contributed by atoms with Crippen molar-refractivity contribution in [3.05, 3.63) is 11.9 Å². The van der Waals surface area contributed by atoms with Crippen LogP contribution in [-0.4, -0.2) is 68.0 Å². The zero-order chi connectivity index (χ0) is 24.5. The Balaban J connectivity index is 2.31. The van der Waals surface area contributed by atoms with E-state index in [9.17, 15) is 24.3 Å². The molecule has 1 aliphatic heterocycles. The third kappa shape index (κ3) is 7.52. The number of carbonyl (C=O) groups excluding carboxylic acids is 4. The number of nitrogens with one attached hydrogen (secondary N) is 4. The minimum Gasteiger partial charge on any atom is -0.391 e. The summed E-state index contributed by atoms with van der Waals surface area (Å²) in [5.41, 5.74) is 0.500. The summed E-state index contributed by atoms with van der Waals surface area (Å²) in [6.45, 7) is 7.34. The monoisotopic (exact) mass is 465 g/mol. The number of aryl methyl sites for hydroxylation is 1. The molecule has 0 radical (unpaired) electrons. The fourth-order valence-electron chi connectivity index (χ4n) is 3.44. The first kappa shape index (κ1) is 26.2. The van der Waals surface area contributed by atoms with Crippen molar-refractivity contribution in [1.29, 1.82) is 0 Å². The molecule has 2 bridgehead atoms. The van der Waals surface area contributed by atoms with Gasteiger partial charge in [0.15, 0.2) is 0 Å². The topological polar surface area (TPSA) is 167 Å². The summed E-state index contributed by atoms with van der Waals surface area (Å²) in [6, 6.07) is -2.97. The van der Waals surface area contributed by atoms with Crippen molar-refractivity contribution >= 4 is 23.6 Å². The average Bonchev–Trinajstić information content (AvgIpc) is 3.23. The molecule has 5 atom stereocenters. The molecule has 2 heterocycles. The first-order valence-corrected chi connectivity index (χ1v) is 11.4. The highest BCUT2D eigenvalue weighted by atomic mass is 16.3. The van der Waals surface area contributed by atoms with Crippen LogP contribution in [0, 0.1) is 5.92 Å². The maximum atomic E-state index is 13.0. The quantitative estimate of drug-likeness (QED) is 0.379. The SMILES string of the molecule is CC[C@@H]1NC(=O)CCCn2cc(nn2)CNC(=O)[C@H]([C@@H](C)O)NC(=O)[C@H]([C@@H](C)CC)NC1=O. The van der Waals surface area contributed by atoms with Crippen molar-refractivity contribution in [1.82, 2.24) is 36.3 Å². The molecule has 5 N–H and O–H groups in total. The van der Waals surface area contributed by atoms with E-state index < -0.39 is 42.0 Å². The molecule has 0 aliphatic carbocycles. The average molecular weight is 466 g/mol. The van der Waals surface area contributed by atoms with Gasteiger partial charge in [-0.25, -0.2) is 0 Å². The van der Waals surface area contributed by atoms with Crippen molar-refractivity contribution in [3.8, 4) is 0 Å². The van der Waals surface area contributed by atoms with Crippen LogP contribution in [0.25, 0.3) is 0 Å². The molecular weight excluding hydrogens is 430 g/mol. The molecule has 0 unspecified atom stereocenters. The maximum Gasteiger partial charge on any atom is 0.245 e. The van der Waals surface area contributed by atoms with E-state index in [1.54, 1.807) is 24.7 Å². The van der Waals surface area contributed by atoms with Crippen LogP contribution < -0.4 is 21.3 Å². The van der Waals surface area contributed by atoms with Crippen LogP contribution in [0.3, 0.4) is 0 Å². The van der Waals surface area contributed by atoms with Gasteiger partial charge in [0.05, 0.1) is 18.8 Å². The number of nitrogens with zero attached hydrogens (tertiary/aromatic N) is 3. The first-order chi connectivity index (χ1) is 15.7. The summed E-state index contributed by atoms with van der Waals surface area (Å²) < 4.78 is 1.56. The number of aromatic nitrogens is 3. The Kier molecular flexibility index (Phi) is 9.76. The van der Waals surface area contributed by atoms with E-state index in [4.69, 9.17) is 0 Å². The first-order valence-electron chi connectivity index (χ1n) is 11.4. The predicted octanol–water partition coefficient (Wildman–Crippen LogP) is -1.02. The Morgan fingerprint density at radius 1 is 1.06 bits per heavy atom. The lowest BCUT2D eigenvalue weighted by Gasteiger charge is -2.29. The van der Waals surface area contributed by atoms with Crippen LogP contribution in [0.1, 0.15) is 59.1 Å². The second-order valence-electron chi connectivity index (χ2n) is 8.42. The number of hydrogen-bond acceptors (Lipinski definition) is 7. The van der Waals surface area contributed by atoms with Gasteiger partial charge in [0.25, 0.3) is 0 Å². The van der Waals surface area contributed by atoms with Crippen LogP contribution in [0.5, 0.6) is 0 Å². The molecule has 12 heteroatoms. The van der Waals surface area contributed by atoms with E-state index in [0.29, 0.717) is 31.5 Å². The lowest BCUT2D eigenvalue weighted by Crippen LogP contribution is -2.60. The summed E-state index contributed by atoms with van der Waals surface area (Å²) in [6.07, 6.45) is 2.09. The van der Waals surface area contributed by atoms with Crippen molar-refractivity contribution in [2.75, 3.05) is 0 Å². The molecule has 4 amide bonds. The molecule has 1 aromatic heterocycles. The number of fused-ring (bicyclic) bond motifs is 2. The van der Waals surface area contributed by atoms with Crippen LogP contribution >= 0.6 is 0 Å². The Labute approximate surface area is 193 Å².